The first-order valence-corrected chi connectivity index (χ1v) is 6.47. The Bertz CT molecular complexity index is 614. The number of aryl methyl sites for hydroxylation is 1. The molecule has 0 spiro atoms. The van der Waals surface area contributed by atoms with E-state index in [1.54, 1.807) is 37.6 Å². The lowest BCUT2D eigenvalue weighted by Gasteiger charge is -2.09. The van der Waals surface area contributed by atoms with Crippen molar-refractivity contribution in [2.45, 2.75) is 6.92 Å². The normalized spacial score (nSPS) is 10.1. The molecule has 0 saturated heterocycles. The molecule has 1 amide bonds. The first kappa shape index (κ1) is 13.5. The monoisotopic (exact) mass is 320 g/mol. The van der Waals surface area contributed by atoms with E-state index in [0.717, 1.165) is 5.69 Å². The maximum absolute atomic E-state index is 12.2. The minimum atomic E-state index is -0.207. The molecule has 0 unspecified atom stereocenters. The van der Waals surface area contributed by atoms with Gasteiger partial charge >= 0.3 is 0 Å². The third-order valence-electron chi connectivity index (χ3n) is 2.67. The van der Waals surface area contributed by atoms with E-state index in [9.17, 15) is 4.79 Å². The van der Waals surface area contributed by atoms with E-state index in [4.69, 9.17) is 4.74 Å². The number of hydrogen-bond donors (Lipinski definition) is 1. The number of nitrogens with zero attached hydrogens (tertiary/aromatic N) is 1. The van der Waals surface area contributed by atoms with Gasteiger partial charge < -0.3 is 10.1 Å². The summed E-state index contributed by atoms with van der Waals surface area (Å²) < 4.78 is 5.84. The van der Waals surface area contributed by atoms with Crippen LogP contribution in [0.1, 0.15) is 16.1 Å². The van der Waals surface area contributed by atoms with Crippen molar-refractivity contribution in [3.05, 3.63) is 52.3 Å². The zero-order valence-electron chi connectivity index (χ0n) is 10.6. The Kier molecular flexibility index (Phi) is 4.16. The molecule has 5 heteroatoms. The van der Waals surface area contributed by atoms with Gasteiger partial charge in [-0.05, 0) is 53.2 Å². The zero-order chi connectivity index (χ0) is 13.8. The van der Waals surface area contributed by atoms with Crippen LogP contribution in [0.15, 0.2) is 41.0 Å². The molecule has 0 radical (unpaired) electrons. The molecule has 0 fully saturated rings. The fourth-order valence-corrected chi connectivity index (χ4v) is 2.04. The van der Waals surface area contributed by atoms with Gasteiger partial charge in [-0.25, -0.2) is 0 Å². The highest BCUT2D eigenvalue weighted by atomic mass is 79.9. The van der Waals surface area contributed by atoms with Crippen LogP contribution < -0.4 is 10.1 Å². The molecule has 0 aliphatic carbocycles. The van der Waals surface area contributed by atoms with Crippen LogP contribution in [0.3, 0.4) is 0 Å². The van der Waals surface area contributed by atoms with E-state index < -0.39 is 0 Å². The number of ether oxygens (including phenoxy) is 1. The number of carbonyl (C=O) groups excluding carboxylic acids is 1. The van der Waals surface area contributed by atoms with Gasteiger partial charge in [0, 0.05) is 10.7 Å². The topological polar surface area (TPSA) is 51.2 Å². The number of rotatable bonds is 3. The summed E-state index contributed by atoms with van der Waals surface area (Å²) in [7, 11) is 1.57. The Morgan fingerprint density at radius 3 is 2.84 bits per heavy atom. The predicted molar refractivity (Wildman–Crippen MR) is 77.6 cm³/mol. The largest absolute Gasteiger partial charge is 0.497 e. The maximum atomic E-state index is 12.2. The second-order valence-corrected chi connectivity index (χ2v) is 4.79. The number of methoxy groups -OCH3 is 1. The molecule has 1 heterocycles. The highest BCUT2D eigenvalue weighted by molar-refractivity contribution is 9.10. The van der Waals surface area contributed by atoms with Gasteiger partial charge in [0.1, 0.15) is 5.75 Å². The molecule has 1 aromatic carbocycles. The van der Waals surface area contributed by atoms with Crippen LogP contribution in [-0.4, -0.2) is 18.0 Å². The van der Waals surface area contributed by atoms with Crippen LogP contribution in [-0.2, 0) is 0 Å². The van der Waals surface area contributed by atoms with Gasteiger partial charge in [0.15, 0.2) is 0 Å². The average Bonchev–Trinajstić information content (AvgIpc) is 2.42. The fraction of sp³-hybridized carbons (Fsp3) is 0.143. The molecule has 98 valence electrons. The molecule has 0 aliphatic heterocycles. The Morgan fingerprint density at radius 1 is 1.37 bits per heavy atom. The molecular weight excluding hydrogens is 308 g/mol. The molecule has 19 heavy (non-hydrogen) atoms. The number of carbonyl (C=O) groups is 1. The maximum Gasteiger partial charge on any atom is 0.256 e. The summed E-state index contributed by atoms with van der Waals surface area (Å²) in [5.74, 6) is 0.429. The third-order valence-corrected chi connectivity index (χ3v) is 3.36. The van der Waals surface area contributed by atoms with Crippen LogP contribution in [0.25, 0.3) is 0 Å². The molecule has 2 aromatic rings. The minimum absolute atomic E-state index is 0.207. The second kappa shape index (κ2) is 5.84. The molecule has 0 aliphatic rings. The first-order chi connectivity index (χ1) is 9.11. The van der Waals surface area contributed by atoms with Crippen LogP contribution in [0.5, 0.6) is 5.75 Å². The smallest absolute Gasteiger partial charge is 0.256 e. The SMILES string of the molecule is COc1ccc(Br)c(C(=O)Nc2cccnc2C)c1. The quantitative estimate of drug-likeness (QED) is 0.942. The Labute approximate surface area is 119 Å². The number of benzene rings is 1. The van der Waals surface area contributed by atoms with Crippen molar-refractivity contribution in [3.63, 3.8) is 0 Å². The Balaban J connectivity index is 2.28. The zero-order valence-corrected chi connectivity index (χ0v) is 12.2. The number of aromatic nitrogens is 1. The van der Waals surface area contributed by atoms with E-state index in [1.165, 1.54) is 0 Å². The Hall–Kier alpha value is -1.88. The molecule has 2 rings (SSSR count). The third kappa shape index (κ3) is 3.12. The summed E-state index contributed by atoms with van der Waals surface area (Å²) in [5, 5.41) is 2.83. The van der Waals surface area contributed by atoms with Gasteiger partial charge in [-0.1, -0.05) is 0 Å². The van der Waals surface area contributed by atoms with Gasteiger partial charge in [0.05, 0.1) is 24.1 Å². The number of hydrogen-bond acceptors (Lipinski definition) is 3. The number of pyridine rings is 1. The molecule has 0 atom stereocenters. The van der Waals surface area contributed by atoms with E-state index in [0.29, 0.717) is 21.5 Å². The molecule has 1 aromatic heterocycles. The lowest BCUT2D eigenvalue weighted by molar-refractivity contribution is 0.102. The van der Waals surface area contributed by atoms with Crippen molar-refractivity contribution in [1.29, 1.82) is 0 Å². The molecule has 1 N–H and O–H groups in total. The minimum Gasteiger partial charge on any atom is -0.497 e. The fourth-order valence-electron chi connectivity index (χ4n) is 1.61. The van der Waals surface area contributed by atoms with Gasteiger partial charge in [-0.2, -0.15) is 0 Å². The summed E-state index contributed by atoms with van der Waals surface area (Å²) in [6.45, 7) is 1.84. The predicted octanol–water partition coefficient (Wildman–Crippen LogP) is 3.41. The van der Waals surface area contributed by atoms with Crippen LogP contribution in [0.4, 0.5) is 5.69 Å². The molecule has 0 bridgehead atoms. The van der Waals surface area contributed by atoms with Gasteiger partial charge in [0.2, 0.25) is 0 Å². The summed E-state index contributed by atoms with van der Waals surface area (Å²) in [6, 6.07) is 8.85. The van der Waals surface area contributed by atoms with Gasteiger partial charge in [-0.15, -0.1) is 0 Å². The van der Waals surface area contributed by atoms with Crippen molar-refractivity contribution in [2.24, 2.45) is 0 Å². The van der Waals surface area contributed by atoms with Gasteiger partial charge in [0.25, 0.3) is 5.91 Å². The molecule has 4 nitrogen and oxygen atoms in total. The van der Waals surface area contributed by atoms with E-state index in [1.807, 2.05) is 13.0 Å². The van der Waals surface area contributed by atoms with Crippen molar-refractivity contribution in [1.82, 2.24) is 4.98 Å². The summed E-state index contributed by atoms with van der Waals surface area (Å²) in [5.41, 5.74) is 1.99. The van der Waals surface area contributed by atoms with Crippen LogP contribution in [0.2, 0.25) is 0 Å². The number of anilines is 1. The van der Waals surface area contributed by atoms with E-state index in [2.05, 4.69) is 26.2 Å². The Morgan fingerprint density at radius 2 is 2.16 bits per heavy atom. The average molecular weight is 321 g/mol. The summed E-state index contributed by atoms with van der Waals surface area (Å²) in [4.78, 5) is 16.4. The van der Waals surface area contributed by atoms with Gasteiger partial charge in [-0.3, -0.25) is 9.78 Å². The first-order valence-electron chi connectivity index (χ1n) is 5.68. The number of halogens is 1. The van der Waals surface area contributed by atoms with E-state index >= 15 is 0 Å². The highest BCUT2D eigenvalue weighted by Crippen LogP contribution is 2.23. The van der Waals surface area contributed by atoms with Crippen molar-refractivity contribution in [2.75, 3.05) is 12.4 Å². The van der Waals surface area contributed by atoms with E-state index in [-0.39, 0.29) is 5.91 Å². The number of nitrogens with one attached hydrogen (secondary N) is 1. The second-order valence-electron chi connectivity index (χ2n) is 3.94. The number of amides is 1. The van der Waals surface area contributed by atoms with Crippen LogP contribution in [0, 0.1) is 6.92 Å². The standard InChI is InChI=1S/C14H13BrN2O2/c1-9-13(4-3-7-16-9)17-14(18)11-8-10(19-2)5-6-12(11)15/h3-8H,1-2H3,(H,17,18). The van der Waals surface area contributed by atoms with Crippen LogP contribution >= 0.6 is 15.9 Å². The highest BCUT2D eigenvalue weighted by Gasteiger charge is 2.12. The molecular formula is C14H13BrN2O2. The van der Waals surface area contributed by atoms with Crippen molar-refractivity contribution in [3.8, 4) is 5.75 Å². The van der Waals surface area contributed by atoms with Crippen molar-refractivity contribution < 1.29 is 9.53 Å². The lowest BCUT2D eigenvalue weighted by Crippen LogP contribution is -2.13. The summed E-state index contributed by atoms with van der Waals surface area (Å²) in [6.07, 6.45) is 1.69. The molecule has 0 saturated carbocycles. The summed E-state index contributed by atoms with van der Waals surface area (Å²) >= 11 is 3.36. The lowest BCUT2D eigenvalue weighted by atomic mass is 10.2. The van der Waals surface area contributed by atoms with Crippen molar-refractivity contribution >= 4 is 27.5 Å².